The molecule has 20 heavy (non-hydrogen) atoms. The minimum Gasteiger partial charge on any atom is -0.507 e. The van der Waals surface area contributed by atoms with Gasteiger partial charge in [0, 0.05) is 9.26 Å². The summed E-state index contributed by atoms with van der Waals surface area (Å²) in [6.45, 7) is 1.82. The standard InChI is InChI=1S/C14H12ClIN2O2/c1-7-4-11(17)10(15)6-12(7)18-14(20)9-5-8(16)2-3-13(9)19/h2-6,19H,17H2,1H3,(H,18,20). The first-order valence-electron chi connectivity index (χ1n) is 5.74. The Morgan fingerprint density at radius 1 is 1.35 bits per heavy atom. The zero-order valence-electron chi connectivity index (χ0n) is 10.6. The zero-order chi connectivity index (χ0) is 14.9. The van der Waals surface area contributed by atoms with Crippen LogP contribution in [-0.4, -0.2) is 11.0 Å². The predicted octanol–water partition coefficient (Wildman–Crippen LogP) is 3.79. The molecule has 2 aromatic carbocycles. The molecule has 0 bridgehead atoms. The molecule has 0 aliphatic carbocycles. The van der Waals surface area contributed by atoms with Gasteiger partial charge in [-0.05, 0) is 65.4 Å². The van der Waals surface area contributed by atoms with Gasteiger partial charge in [0.25, 0.3) is 5.91 Å². The van der Waals surface area contributed by atoms with Gasteiger partial charge in [0.05, 0.1) is 16.3 Å². The van der Waals surface area contributed by atoms with Crippen LogP contribution >= 0.6 is 34.2 Å². The number of nitrogens with one attached hydrogen (secondary N) is 1. The van der Waals surface area contributed by atoms with Crippen molar-refractivity contribution < 1.29 is 9.90 Å². The van der Waals surface area contributed by atoms with Crippen LogP contribution in [0.1, 0.15) is 15.9 Å². The number of benzene rings is 2. The first-order chi connectivity index (χ1) is 9.38. The molecule has 4 nitrogen and oxygen atoms in total. The lowest BCUT2D eigenvalue weighted by Gasteiger charge is -2.11. The van der Waals surface area contributed by atoms with Crippen molar-refractivity contribution in [1.82, 2.24) is 0 Å². The number of rotatable bonds is 2. The molecule has 0 aliphatic heterocycles. The third-order valence-corrected chi connectivity index (χ3v) is 3.79. The number of aryl methyl sites for hydroxylation is 1. The van der Waals surface area contributed by atoms with Crippen molar-refractivity contribution in [2.24, 2.45) is 0 Å². The summed E-state index contributed by atoms with van der Waals surface area (Å²) in [7, 11) is 0. The fourth-order valence-electron chi connectivity index (χ4n) is 1.72. The summed E-state index contributed by atoms with van der Waals surface area (Å²) in [6.07, 6.45) is 0. The van der Waals surface area contributed by atoms with Gasteiger partial charge in [-0.2, -0.15) is 0 Å². The normalized spacial score (nSPS) is 10.3. The fraction of sp³-hybridized carbons (Fsp3) is 0.0714. The number of phenolic OH excluding ortho intramolecular Hbond substituents is 1. The molecule has 0 heterocycles. The summed E-state index contributed by atoms with van der Waals surface area (Å²) in [6, 6.07) is 8.10. The number of nitrogen functional groups attached to an aromatic ring is 1. The SMILES string of the molecule is Cc1cc(N)c(Cl)cc1NC(=O)c1cc(I)ccc1O. The van der Waals surface area contributed by atoms with E-state index in [1.807, 2.05) is 6.92 Å². The van der Waals surface area contributed by atoms with E-state index < -0.39 is 5.91 Å². The molecule has 0 radical (unpaired) electrons. The van der Waals surface area contributed by atoms with E-state index in [4.69, 9.17) is 17.3 Å². The number of phenols is 1. The van der Waals surface area contributed by atoms with Gasteiger partial charge < -0.3 is 16.2 Å². The van der Waals surface area contributed by atoms with Gasteiger partial charge in [0.15, 0.2) is 0 Å². The number of hydrogen-bond acceptors (Lipinski definition) is 3. The summed E-state index contributed by atoms with van der Waals surface area (Å²) in [5.41, 5.74) is 7.72. The van der Waals surface area contributed by atoms with Gasteiger partial charge in [-0.25, -0.2) is 0 Å². The molecule has 0 saturated carbocycles. The second-order valence-electron chi connectivity index (χ2n) is 4.30. The van der Waals surface area contributed by atoms with E-state index in [1.54, 1.807) is 24.3 Å². The zero-order valence-corrected chi connectivity index (χ0v) is 13.5. The maximum Gasteiger partial charge on any atom is 0.259 e. The Hall–Kier alpha value is -1.47. The highest BCUT2D eigenvalue weighted by Gasteiger charge is 2.13. The molecular formula is C14H12ClIN2O2. The second-order valence-corrected chi connectivity index (χ2v) is 5.96. The minimum absolute atomic E-state index is 0.0675. The third-order valence-electron chi connectivity index (χ3n) is 2.80. The van der Waals surface area contributed by atoms with Gasteiger partial charge in [0.2, 0.25) is 0 Å². The minimum atomic E-state index is -0.398. The fourth-order valence-corrected chi connectivity index (χ4v) is 2.37. The Balaban J connectivity index is 2.32. The molecule has 4 N–H and O–H groups in total. The highest BCUT2D eigenvalue weighted by molar-refractivity contribution is 14.1. The lowest BCUT2D eigenvalue weighted by Crippen LogP contribution is -2.13. The van der Waals surface area contributed by atoms with Crippen molar-refractivity contribution in [1.29, 1.82) is 0 Å². The summed E-state index contributed by atoms with van der Waals surface area (Å²) in [5, 5.41) is 12.8. The maximum atomic E-state index is 12.2. The molecule has 6 heteroatoms. The monoisotopic (exact) mass is 402 g/mol. The van der Waals surface area contributed by atoms with E-state index in [2.05, 4.69) is 27.9 Å². The maximum absolute atomic E-state index is 12.2. The van der Waals surface area contributed by atoms with Crippen LogP contribution in [0, 0.1) is 10.5 Å². The van der Waals surface area contributed by atoms with Crippen LogP contribution in [0.15, 0.2) is 30.3 Å². The summed E-state index contributed by atoms with van der Waals surface area (Å²) < 4.78 is 0.859. The van der Waals surface area contributed by atoms with Gasteiger partial charge in [0.1, 0.15) is 5.75 Å². The Bertz CT molecular complexity index is 689. The van der Waals surface area contributed by atoms with Crippen molar-refractivity contribution in [2.45, 2.75) is 6.92 Å². The molecule has 0 saturated heterocycles. The molecule has 104 valence electrons. The highest BCUT2D eigenvalue weighted by atomic mass is 127. The molecule has 0 atom stereocenters. The third kappa shape index (κ3) is 3.16. The smallest absolute Gasteiger partial charge is 0.259 e. The van der Waals surface area contributed by atoms with Crippen LogP contribution in [0.25, 0.3) is 0 Å². The van der Waals surface area contributed by atoms with Crippen LogP contribution in [0.3, 0.4) is 0 Å². The topological polar surface area (TPSA) is 75.3 Å². The number of nitrogens with two attached hydrogens (primary N) is 1. The molecule has 0 spiro atoms. The molecular weight excluding hydrogens is 391 g/mol. The van der Waals surface area contributed by atoms with Crippen LogP contribution in [0.2, 0.25) is 5.02 Å². The van der Waals surface area contributed by atoms with Crippen molar-refractivity contribution >= 4 is 51.5 Å². The van der Waals surface area contributed by atoms with E-state index in [9.17, 15) is 9.90 Å². The molecule has 0 aromatic heterocycles. The van der Waals surface area contributed by atoms with E-state index >= 15 is 0 Å². The second kappa shape index (κ2) is 5.88. The summed E-state index contributed by atoms with van der Waals surface area (Å²) in [4.78, 5) is 12.2. The van der Waals surface area contributed by atoms with E-state index in [0.29, 0.717) is 16.4 Å². The average Bonchev–Trinajstić information content (AvgIpc) is 2.38. The van der Waals surface area contributed by atoms with Crippen LogP contribution in [0.4, 0.5) is 11.4 Å². The molecule has 0 aliphatic rings. The molecule has 2 aromatic rings. The Morgan fingerprint density at radius 2 is 2.05 bits per heavy atom. The number of carbonyl (C=O) groups excluding carboxylic acids is 1. The van der Waals surface area contributed by atoms with Crippen LogP contribution in [-0.2, 0) is 0 Å². The van der Waals surface area contributed by atoms with Crippen molar-refractivity contribution in [3.05, 3.63) is 50.1 Å². The van der Waals surface area contributed by atoms with Crippen molar-refractivity contribution in [3.63, 3.8) is 0 Å². The van der Waals surface area contributed by atoms with Crippen molar-refractivity contribution in [3.8, 4) is 5.75 Å². The molecule has 2 rings (SSSR count). The Morgan fingerprint density at radius 3 is 2.75 bits per heavy atom. The van der Waals surface area contributed by atoms with Gasteiger partial charge in [-0.15, -0.1) is 0 Å². The Kier molecular flexibility index (Phi) is 4.39. The van der Waals surface area contributed by atoms with Crippen LogP contribution < -0.4 is 11.1 Å². The van der Waals surface area contributed by atoms with E-state index in [-0.39, 0.29) is 11.3 Å². The van der Waals surface area contributed by atoms with Crippen LogP contribution in [0.5, 0.6) is 5.75 Å². The number of halogens is 2. The molecule has 0 unspecified atom stereocenters. The lowest BCUT2D eigenvalue weighted by molar-refractivity contribution is 0.102. The first-order valence-corrected chi connectivity index (χ1v) is 7.19. The summed E-state index contributed by atoms with van der Waals surface area (Å²) in [5.74, 6) is -0.466. The molecule has 0 fully saturated rings. The molecule has 1 amide bonds. The number of amides is 1. The number of aromatic hydroxyl groups is 1. The van der Waals surface area contributed by atoms with Crippen molar-refractivity contribution in [2.75, 3.05) is 11.1 Å². The quantitative estimate of drug-likeness (QED) is 0.528. The first kappa shape index (κ1) is 14.9. The van der Waals surface area contributed by atoms with Gasteiger partial charge >= 0.3 is 0 Å². The predicted molar refractivity (Wildman–Crippen MR) is 89.4 cm³/mol. The highest BCUT2D eigenvalue weighted by Crippen LogP contribution is 2.28. The number of hydrogen-bond donors (Lipinski definition) is 3. The number of carbonyl (C=O) groups is 1. The van der Waals surface area contributed by atoms with Gasteiger partial charge in [-0.3, -0.25) is 4.79 Å². The van der Waals surface area contributed by atoms with E-state index in [0.717, 1.165) is 9.13 Å². The van der Waals surface area contributed by atoms with Gasteiger partial charge in [-0.1, -0.05) is 11.6 Å². The largest absolute Gasteiger partial charge is 0.507 e. The average molecular weight is 403 g/mol. The number of anilines is 2. The van der Waals surface area contributed by atoms with E-state index in [1.165, 1.54) is 6.07 Å². The lowest BCUT2D eigenvalue weighted by atomic mass is 10.1. The Labute approximate surface area is 135 Å². The summed E-state index contributed by atoms with van der Waals surface area (Å²) >= 11 is 8.02.